The molecule has 5 heteroatoms. The summed E-state index contributed by atoms with van der Waals surface area (Å²) in [4.78, 5) is 24.4. The van der Waals surface area contributed by atoms with E-state index in [0.717, 1.165) is 5.56 Å². The van der Waals surface area contributed by atoms with Crippen molar-refractivity contribution in [2.45, 2.75) is 6.54 Å². The van der Waals surface area contributed by atoms with Gasteiger partial charge in [-0.3, -0.25) is 9.59 Å². The zero-order valence-electron chi connectivity index (χ0n) is 12.5. The molecule has 5 nitrogen and oxygen atoms in total. The lowest BCUT2D eigenvalue weighted by atomic mass is 9.91. The molecule has 23 heavy (non-hydrogen) atoms. The van der Waals surface area contributed by atoms with Crippen molar-refractivity contribution >= 4 is 17.3 Å². The van der Waals surface area contributed by atoms with Crippen molar-refractivity contribution in [2.24, 2.45) is 0 Å². The number of benzene rings is 2. The molecule has 1 aliphatic carbocycles. The van der Waals surface area contributed by atoms with Crippen LogP contribution in [-0.2, 0) is 11.3 Å². The number of ether oxygens (including phenoxy) is 1. The van der Waals surface area contributed by atoms with E-state index in [1.807, 2.05) is 18.2 Å². The molecule has 0 bridgehead atoms. The monoisotopic (exact) mass is 309 g/mol. The highest BCUT2D eigenvalue weighted by atomic mass is 16.5. The Labute approximate surface area is 133 Å². The predicted octanol–water partition coefficient (Wildman–Crippen LogP) is 2.48. The third-order valence-corrected chi connectivity index (χ3v) is 3.75. The Morgan fingerprint density at radius 1 is 0.957 bits per heavy atom. The Morgan fingerprint density at radius 3 is 2.35 bits per heavy atom. The molecule has 2 aromatic rings. The number of ketones is 2. The van der Waals surface area contributed by atoms with Gasteiger partial charge >= 0.3 is 0 Å². The zero-order chi connectivity index (χ0) is 16.4. The third-order valence-electron chi connectivity index (χ3n) is 3.75. The molecule has 0 aromatic heterocycles. The van der Waals surface area contributed by atoms with E-state index < -0.39 is 11.6 Å². The maximum Gasteiger partial charge on any atom is 0.253 e. The topological polar surface area (TPSA) is 75.6 Å². The molecule has 0 unspecified atom stereocenters. The highest BCUT2D eigenvalue weighted by molar-refractivity contribution is 6.52. The average molecular weight is 309 g/mol. The SMILES string of the molecule is COc1ccccc1CNC1=C(O)c2ccccc2C(=O)C1=O. The largest absolute Gasteiger partial charge is 0.505 e. The fourth-order valence-electron chi connectivity index (χ4n) is 2.56. The molecular formula is C18H15NO4. The van der Waals surface area contributed by atoms with Gasteiger partial charge in [-0.25, -0.2) is 0 Å². The Bertz CT molecular complexity index is 823. The van der Waals surface area contributed by atoms with Crippen molar-refractivity contribution in [2.75, 3.05) is 7.11 Å². The highest BCUT2D eigenvalue weighted by Crippen LogP contribution is 2.27. The van der Waals surface area contributed by atoms with Gasteiger partial charge in [0.05, 0.1) is 7.11 Å². The van der Waals surface area contributed by atoms with E-state index in [-0.39, 0.29) is 23.6 Å². The summed E-state index contributed by atoms with van der Waals surface area (Å²) < 4.78 is 5.25. The van der Waals surface area contributed by atoms with Crippen LogP contribution < -0.4 is 10.1 Å². The van der Waals surface area contributed by atoms with Crippen molar-refractivity contribution in [3.63, 3.8) is 0 Å². The molecule has 1 aliphatic rings. The molecule has 2 aromatic carbocycles. The van der Waals surface area contributed by atoms with E-state index in [4.69, 9.17) is 4.74 Å². The van der Waals surface area contributed by atoms with Crippen molar-refractivity contribution in [1.29, 1.82) is 0 Å². The van der Waals surface area contributed by atoms with Gasteiger partial charge in [-0.2, -0.15) is 0 Å². The highest BCUT2D eigenvalue weighted by Gasteiger charge is 2.32. The number of carbonyl (C=O) groups is 2. The summed E-state index contributed by atoms with van der Waals surface area (Å²) in [5, 5.41) is 13.2. The molecular weight excluding hydrogens is 294 g/mol. The summed E-state index contributed by atoms with van der Waals surface area (Å²) in [5.74, 6) is -0.910. The summed E-state index contributed by atoms with van der Waals surface area (Å²) in [6.45, 7) is 0.255. The molecule has 0 spiro atoms. The lowest BCUT2D eigenvalue weighted by Crippen LogP contribution is -2.31. The van der Waals surface area contributed by atoms with Crippen LogP contribution in [0, 0.1) is 0 Å². The van der Waals surface area contributed by atoms with Gasteiger partial charge in [0.2, 0.25) is 5.78 Å². The second kappa shape index (κ2) is 5.96. The quantitative estimate of drug-likeness (QED) is 0.849. The standard InChI is InChI=1S/C18H15NO4/c1-23-14-9-5-2-6-11(14)10-19-15-16(20)12-7-3-4-8-13(12)17(21)18(15)22/h2-9,19-20H,10H2,1H3. The van der Waals surface area contributed by atoms with Gasteiger partial charge in [-0.1, -0.05) is 42.5 Å². The number of carbonyl (C=O) groups excluding carboxylic acids is 2. The van der Waals surface area contributed by atoms with E-state index in [1.165, 1.54) is 6.07 Å². The fraction of sp³-hybridized carbons (Fsp3) is 0.111. The maximum atomic E-state index is 12.2. The summed E-state index contributed by atoms with van der Waals surface area (Å²) in [7, 11) is 1.56. The van der Waals surface area contributed by atoms with Crippen molar-refractivity contribution in [3.05, 3.63) is 70.9 Å². The van der Waals surface area contributed by atoms with Gasteiger partial charge in [0, 0.05) is 23.2 Å². The first-order valence-corrected chi connectivity index (χ1v) is 7.11. The first-order valence-electron chi connectivity index (χ1n) is 7.11. The normalized spacial score (nSPS) is 13.8. The minimum Gasteiger partial charge on any atom is -0.505 e. The summed E-state index contributed by atoms with van der Waals surface area (Å²) in [6, 6.07) is 13.8. The van der Waals surface area contributed by atoms with E-state index in [0.29, 0.717) is 11.3 Å². The predicted molar refractivity (Wildman–Crippen MR) is 85.2 cm³/mol. The Balaban J connectivity index is 1.93. The number of para-hydroxylation sites is 1. The second-order valence-corrected chi connectivity index (χ2v) is 5.09. The number of aliphatic hydroxyl groups is 1. The first kappa shape index (κ1) is 14.8. The minimum atomic E-state index is -0.740. The molecule has 0 radical (unpaired) electrons. The number of hydrogen-bond donors (Lipinski definition) is 2. The first-order chi connectivity index (χ1) is 11.1. The number of hydrogen-bond acceptors (Lipinski definition) is 5. The summed E-state index contributed by atoms with van der Waals surface area (Å²) in [5.41, 5.74) is 1.31. The number of allylic oxidation sites excluding steroid dienone is 1. The molecule has 0 amide bonds. The fourth-order valence-corrected chi connectivity index (χ4v) is 2.56. The lowest BCUT2D eigenvalue weighted by Gasteiger charge is -2.19. The van der Waals surface area contributed by atoms with Gasteiger partial charge in [0.15, 0.2) is 5.76 Å². The van der Waals surface area contributed by atoms with Crippen LogP contribution in [-0.4, -0.2) is 23.8 Å². The lowest BCUT2D eigenvalue weighted by molar-refractivity contribution is -0.112. The van der Waals surface area contributed by atoms with Gasteiger partial charge < -0.3 is 15.2 Å². The average Bonchev–Trinajstić information content (AvgIpc) is 2.60. The second-order valence-electron chi connectivity index (χ2n) is 5.09. The molecule has 0 aliphatic heterocycles. The van der Waals surface area contributed by atoms with E-state index in [1.54, 1.807) is 31.4 Å². The van der Waals surface area contributed by atoms with Crippen LogP contribution in [0.3, 0.4) is 0 Å². The van der Waals surface area contributed by atoms with Gasteiger partial charge in [-0.05, 0) is 6.07 Å². The van der Waals surface area contributed by atoms with E-state index in [9.17, 15) is 14.7 Å². The molecule has 0 saturated heterocycles. The molecule has 0 saturated carbocycles. The number of nitrogens with one attached hydrogen (secondary N) is 1. The van der Waals surface area contributed by atoms with Crippen LogP contribution >= 0.6 is 0 Å². The smallest absolute Gasteiger partial charge is 0.253 e. The molecule has 3 rings (SSSR count). The van der Waals surface area contributed by atoms with Crippen LogP contribution in [0.15, 0.2) is 54.2 Å². The Kier molecular flexibility index (Phi) is 3.85. The van der Waals surface area contributed by atoms with E-state index >= 15 is 0 Å². The number of fused-ring (bicyclic) bond motifs is 1. The number of aliphatic hydroxyl groups excluding tert-OH is 1. The van der Waals surface area contributed by atoms with Crippen LogP contribution in [0.25, 0.3) is 5.76 Å². The number of Topliss-reactive ketones (excluding diaryl/α,β-unsaturated/α-hetero) is 2. The zero-order valence-corrected chi connectivity index (χ0v) is 12.5. The van der Waals surface area contributed by atoms with Crippen LogP contribution in [0.4, 0.5) is 0 Å². The molecule has 0 atom stereocenters. The van der Waals surface area contributed by atoms with Crippen molar-refractivity contribution in [1.82, 2.24) is 5.32 Å². The number of methoxy groups -OCH3 is 1. The Morgan fingerprint density at radius 2 is 1.61 bits per heavy atom. The molecule has 116 valence electrons. The molecule has 2 N–H and O–H groups in total. The van der Waals surface area contributed by atoms with Gasteiger partial charge in [0.25, 0.3) is 5.78 Å². The van der Waals surface area contributed by atoms with Crippen LogP contribution in [0.2, 0.25) is 0 Å². The van der Waals surface area contributed by atoms with E-state index in [2.05, 4.69) is 5.32 Å². The minimum absolute atomic E-state index is 0.0837. The molecule has 0 heterocycles. The maximum absolute atomic E-state index is 12.2. The van der Waals surface area contributed by atoms with Crippen LogP contribution in [0.1, 0.15) is 21.5 Å². The van der Waals surface area contributed by atoms with Crippen molar-refractivity contribution in [3.8, 4) is 5.75 Å². The summed E-state index contributed by atoms with van der Waals surface area (Å²) >= 11 is 0. The summed E-state index contributed by atoms with van der Waals surface area (Å²) in [6.07, 6.45) is 0. The number of rotatable bonds is 4. The van der Waals surface area contributed by atoms with Crippen LogP contribution in [0.5, 0.6) is 5.75 Å². The van der Waals surface area contributed by atoms with Gasteiger partial charge in [0.1, 0.15) is 11.4 Å². The Hall–Kier alpha value is -3.08. The molecule has 0 fully saturated rings. The van der Waals surface area contributed by atoms with Gasteiger partial charge in [-0.15, -0.1) is 0 Å². The van der Waals surface area contributed by atoms with Crippen molar-refractivity contribution < 1.29 is 19.4 Å². The third kappa shape index (κ3) is 2.57.